The number of hydrogen-bond acceptors (Lipinski definition) is 1. The lowest BCUT2D eigenvalue weighted by molar-refractivity contribution is 1.05. The summed E-state index contributed by atoms with van der Waals surface area (Å²) in [6.45, 7) is 6.51. The van der Waals surface area contributed by atoms with Crippen molar-refractivity contribution >= 4 is 0 Å². The molecule has 0 fully saturated rings. The van der Waals surface area contributed by atoms with Crippen LogP contribution in [-0.4, -0.2) is 4.98 Å². The molecule has 1 aromatic heterocycles. The molecule has 1 aromatic carbocycles. The molecule has 2 aromatic rings. The van der Waals surface area contributed by atoms with Crippen LogP contribution in [-0.2, 0) is 6.42 Å². The summed E-state index contributed by atoms with van der Waals surface area (Å²) in [6, 6.07) is 10.6. The van der Waals surface area contributed by atoms with Crippen molar-refractivity contribution in [3.63, 3.8) is 0 Å². The highest BCUT2D eigenvalue weighted by atomic mass is 14.7. The van der Waals surface area contributed by atoms with E-state index in [1.807, 2.05) is 18.3 Å². The van der Waals surface area contributed by atoms with Gasteiger partial charge in [-0.2, -0.15) is 0 Å². The third-order valence-electron chi connectivity index (χ3n) is 3.02. The Balaban J connectivity index is 2.35. The molecular weight excluding hydrogens is 194 g/mol. The van der Waals surface area contributed by atoms with E-state index in [4.69, 9.17) is 0 Å². The van der Waals surface area contributed by atoms with Gasteiger partial charge >= 0.3 is 0 Å². The van der Waals surface area contributed by atoms with E-state index < -0.39 is 0 Å². The smallest absolute Gasteiger partial charge is 0.0447 e. The van der Waals surface area contributed by atoms with Crippen LogP contribution < -0.4 is 0 Å². The number of benzene rings is 1. The maximum Gasteiger partial charge on any atom is 0.0447 e. The van der Waals surface area contributed by atoms with Crippen LogP contribution in [0.5, 0.6) is 0 Å². The minimum Gasteiger partial charge on any atom is -0.261 e. The van der Waals surface area contributed by atoms with Gasteiger partial charge in [-0.1, -0.05) is 23.8 Å². The van der Waals surface area contributed by atoms with Gasteiger partial charge in [0.1, 0.15) is 0 Å². The highest BCUT2D eigenvalue weighted by molar-refractivity contribution is 5.39. The maximum absolute atomic E-state index is 4.37. The van der Waals surface area contributed by atoms with Crippen LogP contribution in [0, 0.1) is 20.8 Å². The first-order valence-electron chi connectivity index (χ1n) is 5.63. The van der Waals surface area contributed by atoms with Crippen LogP contribution in [0.1, 0.15) is 27.9 Å². The van der Waals surface area contributed by atoms with Crippen LogP contribution in [0.25, 0.3) is 0 Å². The topological polar surface area (TPSA) is 12.9 Å². The molecule has 0 amide bonds. The van der Waals surface area contributed by atoms with E-state index in [1.165, 1.54) is 22.3 Å². The van der Waals surface area contributed by atoms with Gasteiger partial charge in [-0.15, -0.1) is 0 Å². The summed E-state index contributed by atoms with van der Waals surface area (Å²) >= 11 is 0. The lowest BCUT2D eigenvalue weighted by atomic mass is 9.97. The first-order chi connectivity index (χ1) is 7.66. The molecule has 0 atom stereocenters. The second-order valence-electron chi connectivity index (χ2n) is 4.36. The van der Waals surface area contributed by atoms with Gasteiger partial charge in [0.05, 0.1) is 0 Å². The van der Waals surface area contributed by atoms with Crippen molar-refractivity contribution in [2.24, 2.45) is 0 Å². The summed E-state index contributed by atoms with van der Waals surface area (Å²) < 4.78 is 0. The molecule has 0 bridgehead atoms. The monoisotopic (exact) mass is 211 g/mol. The average molecular weight is 211 g/mol. The van der Waals surface area contributed by atoms with Crippen LogP contribution >= 0.6 is 0 Å². The van der Waals surface area contributed by atoms with E-state index in [0.717, 1.165) is 12.1 Å². The fourth-order valence-corrected chi connectivity index (χ4v) is 2.01. The highest BCUT2D eigenvalue weighted by Gasteiger charge is 2.04. The lowest BCUT2D eigenvalue weighted by Crippen LogP contribution is -1.97. The van der Waals surface area contributed by atoms with E-state index >= 15 is 0 Å². The molecule has 16 heavy (non-hydrogen) atoms. The lowest BCUT2D eigenvalue weighted by Gasteiger charge is -2.10. The van der Waals surface area contributed by atoms with E-state index in [9.17, 15) is 0 Å². The fourth-order valence-electron chi connectivity index (χ4n) is 2.01. The summed E-state index contributed by atoms with van der Waals surface area (Å²) in [5.74, 6) is 0. The quantitative estimate of drug-likeness (QED) is 0.739. The molecule has 0 unspecified atom stereocenters. The zero-order valence-electron chi connectivity index (χ0n) is 10.1. The Hall–Kier alpha value is -1.63. The normalized spacial score (nSPS) is 10.4. The Morgan fingerprint density at radius 3 is 2.56 bits per heavy atom. The Kier molecular flexibility index (Phi) is 3.04. The number of hydrogen-bond donors (Lipinski definition) is 0. The van der Waals surface area contributed by atoms with Crippen LogP contribution in [0.4, 0.5) is 0 Å². The first-order valence-corrected chi connectivity index (χ1v) is 5.63. The number of aromatic nitrogens is 1. The fraction of sp³-hybridized carbons (Fsp3) is 0.267. The molecule has 0 N–H and O–H groups in total. The van der Waals surface area contributed by atoms with Gasteiger partial charge in [0, 0.05) is 18.3 Å². The third-order valence-corrected chi connectivity index (χ3v) is 3.02. The van der Waals surface area contributed by atoms with E-state index in [2.05, 4.69) is 44.0 Å². The molecule has 1 heterocycles. The van der Waals surface area contributed by atoms with Gasteiger partial charge in [0.2, 0.25) is 0 Å². The summed E-state index contributed by atoms with van der Waals surface area (Å²) in [7, 11) is 0. The molecule has 0 saturated carbocycles. The van der Waals surface area contributed by atoms with Gasteiger partial charge < -0.3 is 0 Å². The largest absolute Gasteiger partial charge is 0.261 e. The molecule has 2 rings (SSSR count). The van der Waals surface area contributed by atoms with E-state index in [-0.39, 0.29) is 0 Å². The first kappa shape index (κ1) is 10.9. The van der Waals surface area contributed by atoms with Crippen molar-refractivity contribution in [2.45, 2.75) is 27.2 Å². The van der Waals surface area contributed by atoms with Crippen molar-refractivity contribution in [3.05, 3.63) is 64.5 Å². The Bertz CT molecular complexity index is 486. The second-order valence-corrected chi connectivity index (χ2v) is 4.36. The average Bonchev–Trinajstić information content (AvgIpc) is 2.27. The minimum atomic E-state index is 0.926. The van der Waals surface area contributed by atoms with Gasteiger partial charge in [-0.05, 0) is 49.6 Å². The SMILES string of the molecule is Cc1cc(C)c(C)c(Cc2ccccn2)c1. The summed E-state index contributed by atoms with van der Waals surface area (Å²) in [4.78, 5) is 4.37. The number of aryl methyl sites for hydroxylation is 2. The highest BCUT2D eigenvalue weighted by Crippen LogP contribution is 2.18. The number of rotatable bonds is 2. The summed E-state index contributed by atoms with van der Waals surface area (Å²) in [5.41, 5.74) is 6.60. The third kappa shape index (κ3) is 2.30. The van der Waals surface area contributed by atoms with Crippen molar-refractivity contribution in [1.29, 1.82) is 0 Å². The molecular formula is C15H17N. The van der Waals surface area contributed by atoms with Crippen molar-refractivity contribution in [2.75, 3.05) is 0 Å². The number of nitrogens with zero attached hydrogens (tertiary/aromatic N) is 1. The Morgan fingerprint density at radius 2 is 1.88 bits per heavy atom. The zero-order chi connectivity index (χ0) is 11.5. The molecule has 0 aliphatic rings. The molecule has 0 aliphatic carbocycles. The van der Waals surface area contributed by atoms with Gasteiger partial charge in [-0.25, -0.2) is 0 Å². The molecule has 0 saturated heterocycles. The molecule has 0 radical (unpaired) electrons. The van der Waals surface area contributed by atoms with Crippen molar-refractivity contribution in [1.82, 2.24) is 4.98 Å². The van der Waals surface area contributed by atoms with Gasteiger partial charge in [0.15, 0.2) is 0 Å². The Labute approximate surface area is 97.2 Å². The number of pyridine rings is 1. The summed E-state index contributed by atoms with van der Waals surface area (Å²) in [6.07, 6.45) is 2.78. The van der Waals surface area contributed by atoms with E-state index in [1.54, 1.807) is 0 Å². The van der Waals surface area contributed by atoms with Crippen molar-refractivity contribution in [3.8, 4) is 0 Å². The maximum atomic E-state index is 4.37. The predicted molar refractivity (Wildman–Crippen MR) is 67.7 cm³/mol. The van der Waals surface area contributed by atoms with Crippen LogP contribution in [0.3, 0.4) is 0 Å². The molecule has 0 spiro atoms. The standard InChI is InChI=1S/C15H17N/c1-11-8-12(2)13(3)14(9-11)10-15-6-4-5-7-16-15/h4-9H,10H2,1-3H3. The molecule has 1 heteroatoms. The predicted octanol–water partition coefficient (Wildman–Crippen LogP) is 3.60. The molecule has 1 nitrogen and oxygen atoms in total. The van der Waals surface area contributed by atoms with Crippen LogP contribution in [0.2, 0.25) is 0 Å². The van der Waals surface area contributed by atoms with Crippen LogP contribution in [0.15, 0.2) is 36.5 Å². The van der Waals surface area contributed by atoms with Crippen molar-refractivity contribution < 1.29 is 0 Å². The second kappa shape index (κ2) is 4.48. The zero-order valence-corrected chi connectivity index (χ0v) is 10.1. The Morgan fingerprint density at radius 1 is 1.06 bits per heavy atom. The van der Waals surface area contributed by atoms with Gasteiger partial charge in [0.25, 0.3) is 0 Å². The molecule has 0 aliphatic heterocycles. The minimum absolute atomic E-state index is 0.926. The summed E-state index contributed by atoms with van der Waals surface area (Å²) in [5, 5.41) is 0. The van der Waals surface area contributed by atoms with Gasteiger partial charge in [-0.3, -0.25) is 4.98 Å². The van der Waals surface area contributed by atoms with E-state index in [0.29, 0.717) is 0 Å². The molecule has 82 valence electrons.